The average molecular weight is 151 g/mol. The molecule has 0 fully saturated rings. The summed E-state index contributed by atoms with van der Waals surface area (Å²) in [6, 6.07) is -0.153. The minimum atomic E-state index is -0.153. The Balaban J connectivity index is 2.92. The third-order valence-electron chi connectivity index (χ3n) is 1.53. The van der Waals surface area contributed by atoms with Crippen LogP contribution in [0.2, 0.25) is 0 Å². The van der Waals surface area contributed by atoms with Crippen LogP contribution in [0, 0.1) is 0 Å². The molecule has 0 bridgehead atoms. The number of carbonyl (C=O) groups excluding carboxylic acids is 1. The van der Waals surface area contributed by atoms with Crippen molar-refractivity contribution in [1.29, 1.82) is 0 Å². The van der Waals surface area contributed by atoms with Crippen LogP contribution in [0.3, 0.4) is 0 Å². The van der Waals surface area contributed by atoms with Crippen LogP contribution in [-0.4, -0.2) is 15.6 Å². The summed E-state index contributed by atoms with van der Waals surface area (Å²) in [7, 11) is 1.86. The van der Waals surface area contributed by atoms with E-state index in [1.807, 2.05) is 18.5 Å². The Morgan fingerprint density at radius 2 is 2.55 bits per heavy atom. The lowest BCUT2D eigenvalue weighted by molar-refractivity contribution is 0.558. The number of hydrogen-bond donors (Lipinski definition) is 0. The van der Waals surface area contributed by atoms with Crippen molar-refractivity contribution in [2.75, 3.05) is 0 Å². The lowest BCUT2D eigenvalue weighted by Crippen LogP contribution is -1.97. The number of aromatic nitrogens is 2. The Hall–Kier alpha value is -1.41. The Morgan fingerprint density at radius 3 is 3.00 bits per heavy atom. The topological polar surface area (TPSA) is 47.2 Å². The van der Waals surface area contributed by atoms with Crippen LogP contribution in [0.1, 0.15) is 18.7 Å². The van der Waals surface area contributed by atoms with Crippen molar-refractivity contribution in [3.8, 4) is 0 Å². The van der Waals surface area contributed by atoms with Crippen molar-refractivity contribution in [2.45, 2.75) is 13.0 Å². The molecule has 1 unspecified atom stereocenters. The Morgan fingerprint density at radius 1 is 1.82 bits per heavy atom. The van der Waals surface area contributed by atoms with Gasteiger partial charge < -0.3 is 4.57 Å². The molecule has 1 atom stereocenters. The van der Waals surface area contributed by atoms with Crippen LogP contribution in [-0.2, 0) is 11.8 Å². The number of aliphatic imine (C=N–C) groups is 1. The Kier molecular flexibility index (Phi) is 2.18. The van der Waals surface area contributed by atoms with Gasteiger partial charge in [0.25, 0.3) is 0 Å². The van der Waals surface area contributed by atoms with Crippen LogP contribution in [0.5, 0.6) is 0 Å². The van der Waals surface area contributed by atoms with Crippen LogP contribution < -0.4 is 0 Å². The second-order valence-corrected chi connectivity index (χ2v) is 2.33. The van der Waals surface area contributed by atoms with Crippen molar-refractivity contribution in [3.05, 3.63) is 18.2 Å². The first-order valence-electron chi connectivity index (χ1n) is 3.29. The molecule has 0 aliphatic rings. The normalized spacial score (nSPS) is 12.2. The molecule has 0 amide bonds. The highest BCUT2D eigenvalue weighted by Crippen LogP contribution is 2.13. The van der Waals surface area contributed by atoms with Gasteiger partial charge in [0, 0.05) is 7.05 Å². The minimum absolute atomic E-state index is 0.153. The van der Waals surface area contributed by atoms with Gasteiger partial charge in [-0.25, -0.2) is 9.78 Å². The summed E-state index contributed by atoms with van der Waals surface area (Å²) in [5, 5.41) is 0. The molecule has 1 aromatic heterocycles. The molecule has 1 rings (SSSR count). The zero-order chi connectivity index (χ0) is 8.27. The first-order chi connectivity index (χ1) is 5.25. The van der Waals surface area contributed by atoms with Crippen LogP contribution in [0.15, 0.2) is 17.5 Å². The van der Waals surface area contributed by atoms with Gasteiger partial charge in [-0.15, -0.1) is 0 Å². The molecule has 0 spiro atoms. The molecule has 0 aromatic carbocycles. The fourth-order valence-electron chi connectivity index (χ4n) is 0.915. The summed E-state index contributed by atoms with van der Waals surface area (Å²) >= 11 is 0. The molecule has 58 valence electrons. The molecule has 0 saturated heterocycles. The van der Waals surface area contributed by atoms with E-state index in [0.29, 0.717) is 0 Å². The highest BCUT2D eigenvalue weighted by Gasteiger charge is 2.05. The monoisotopic (exact) mass is 151 g/mol. The lowest BCUT2D eigenvalue weighted by atomic mass is 10.3. The van der Waals surface area contributed by atoms with Gasteiger partial charge in [0.1, 0.15) is 6.04 Å². The van der Waals surface area contributed by atoms with E-state index in [1.165, 1.54) is 6.08 Å². The molecular formula is C7H9N3O. The summed E-state index contributed by atoms with van der Waals surface area (Å²) < 4.78 is 1.82. The Bertz CT molecular complexity index is 286. The van der Waals surface area contributed by atoms with E-state index in [1.54, 1.807) is 12.5 Å². The largest absolute Gasteiger partial charge is 0.336 e. The number of isocyanates is 1. The van der Waals surface area contributed by atoms with Gasteiger partial charge in [0.05, 0.1) is 18.2 Å². The van der Waals surface area contributed by atoms with Crippen molar-refractivity contribution in [3.63, 3.8) is 0 Å². The summed E-state index contributed by atoms with van der Waals surface area (Å²) in [6.45, 7) is 1.82. The van der Waals surface area contributed by atoms with Gasteiger partial charge in [0.15, 0.2) is 0 Å². The maximum atomic E-state index is 9.90. The van der Waals surface area contributed by atoms with Gasteiger partial charge in [-0.1, -0.05) is 0 Å². The van der Waals surface area contributed by atoms with Crippen molar-refractivity contribution in [2.24, 2.45) is 12.0 Å². The third-order valence-corrected chi connectivity index (χ3v) is 1.53. The summed E-state index contributed by atoms with van der Waals surface area (Å²) in [6.07, 6.45) is 4.88. The van der Waals surface area contributed by atoms with Crippen LogP contribution in [0.4, 0.5) is 0 Å². The van der Waals surface area contributed by atoms with E-state index in [0.717, 1.165) is 5.69 Å². The second-order valence-electron chi connectivity index (χ2n) is 2.33. The van der Waals surface area contributed by atoms with Gasteiger partial charge in [-0.2, -0.15) is 4.99 Å². The molecule has 1 heterocycles. The Labute approximate surface area is 64.6 Å². The van der Waals surface area contributed by atoms with Crippen LogP contribution in [0.25, 0.3) is 0 Å². The molecule has 0 radical (unpaired) electrons. The summed E-state index contributed by atoms with van der Waals surface area (Å²) in [4.78, 5) is 17.4. The molecule has 1 aromatic rings. The molecule has 0 N–H and O–H groups in total. The molecule has 0 aliphatic heterocycles. The highest BCUT2D eigenvalue weighted by molar-refractivity contribution is 5.34. The number of hydrogen-bond acceptors (Lipinski definition) is 3. The van der Waals surface area contributed by atoms with E-state index in [-0.39, 0.29) is 6.04 Å². The molecule has 4 nitrogen and oxygen atoms in total. The van der Waals surface area contributed by atoms with Gasteiger partial charge in [-0.3, -0.25) is 0 Å². The summed E-state index contributed by atoms with van der Waals surface area (Å²) in [5.74, 6) is 0. The van der Waals surface area contributed by atoms with Gasteiger partial charge in [-0.05, 0) is 6.92 Å². The quantitative estimate of drug-likeness (QED) is 0.464. The summed E-state index contributed by atoms with van der Waals surface area (Å²) in [5.41, 5.74) is 0.911. The zero-order valence-electron chi connectivity index (χ0n) is 6.48. The molecule has 11 heavy (non-hydrogen) atoms. The molecule has 4 heteroatoms. The van der Waals surface area contributed by atoms with Gasteiger partial charge in [0.2, 0.25) is 6.08 Å². The standard InChI is InChI=1S/C7H9N3O/c1-6(9-5-11)7-3-8-4-10(7)2/h3-4,6H,1-2H3. The van der Waals surface area contributed by atoms with Crippen LogP contribution >= 0.6 is 0 Å². The maximum absolute atomic E-state index is 9.90. The van der Waals surface area contributed by atoms with Gasteiger partial charge >= 0.3 is 0 Å². The number of aryl methyl sites for hydroxylation is 1. The first-order valence-corrected chi connectivity index (χ1v) is 3.29. The predicted molar refractivity (Wildman–Crippen MR) is 39.7 cm³/mol. The second kappa shape index (κ2) is 3.12. The molecule has 0 saturated carbocycles. The number of imidazole rings is 1. The maximum Gasteiger partial charge on any atom is 0.235 e. The smallest absolute Gasteiger partial charge is 0.235 e. The first kappa shape index (κ1) is 7.69. The number of rotatable bonds is 2. The zero-order valence-corrected chi connectivity index (χ0v) is 6.48. The van der Waals surface area contributed by atoms with E-state index in [2.05, 4.69) is 9.98 Å². The number of nitrogens with zero attached hydrogens (tertiary/aromatic N) is 3. The molecule has 0 aliphatic carbocycles. The fraction of sp³-hybridized carbons (Fsp3) is 0.429. The predicted octanol–water partition coefficient (Wildman–Crippen LogP) is 0.817. The molecular weight excluding hydrogens is 142 g/mol. The van der Waals surface area contributed by atoms with Crippen molar-refractivity contribution >= 4 is 6.08 Å². The van der Waals surface area contributed by atoms with E-state index in [4.69, 9.17) is 0 Å². The lowest BCUT2D eigenvalue weighted by Gasteiger charge is -2.02. The van der Waals surface area contributed by atoms with E-state index in [9.17, 15) is 4.79 Å². The minimum Gasteiger partial charge on any atom is -0.336 e. The third kappa shape index (κ3) is 1.53. The van der Waals surface area contributed by atoms with E-state index >= 15 is 0 Å². The fourth-order valence-corrected chi connectivity index (χ4v) is 0.915. The van der Waals surface area contributed by atoms with E-state index < -0.39 is 0 Å². The average Bonchev–Trinajstić information content (AvgIpc) is 2.36. The highest BCUT2D eigenvalue weighted by atomic mass is 16.1. The SMILES string of the molecule is CC(N=C=O)c1cncn1C. The van der Waals surface area contributed by atoms with Crippen molar-refractivity contribution < 1.29 is 4.79 Å². The van der Waals surface area contributed by atoms with Crippen molar-refractivity contribution in [1.82, 2.24) is 9.55 Å².